The number of ether oxygens (including phenoxy) is 2. The maximum atomic E-state index is 13.0. The van der Waals surface area contributed by atoms with Crippen molar-refractivity contribution in [1.82, 2.24) is 20.4 Å². The summed E-state index contributed by atoms with van der Waals surface area (Å²) in [6.45, 7) is 4.54. The van der Waals surface area contributed by atoms with Gasteiger partial charge >= 0.3 is 0 Å². The van der Waals surface area contributed by atoms with Gasteiger partial charge in [-0.05, 0) is 56.7 Å². The third kappa shape index (κ3) is 8.27. The Morgan fingerprint density at radius 3 is 2.54 bits per heavy atom. The van der Waals surface area contributed by atoms with Crippen LogP contribution in [-0.2, 0) is 20.9 Å². The number of hydrazine groups is 1. The molecule has 1 aromatic heterocycles. The highest BCUT2D eigenvalue weighted by atomic mass is 35.5. The lowest BCUT2D eigenvalue weighted by atomic mass is 10.2. The minimum atomic E-state index is -0.524. The van der Waals surface area contributed by atoms with Crippen LogP contribution in [0.5, 0.6) is 5.75 Å². The number of para-hydroxylation sites is 1. The van der Waals surface area contributed by atoms with Crippen molar-refractivity contribution in [2.24, 2.45) is 0 Å². The summed E-state index contributed by atoms with van der Waals surface area (Å²) in [5, 5.41) is 1.49. The number of nitrogens with zero attached hydrogens (tertiary/aromatic N) is 2. The molecule has 0 fully saturated rings. The molecule has 3 rings (SSSR count). The molecule has 0 saturated carbocycles. The van der Waals surface area contributed by atoms with Gasteiger partial charge in [-0.15, -0.1) is 0 Å². The van der Waals surface area contributed by atoms with Crippen LogP contribution in [0, 0.1) is 0 Å². The molecule has 0 aliphatic heterocycles. The Morgan fingerprint density at radius 2 is 1.80 bits per heavy atom. The van der Waals surface area contributed by atoms with Crippen LogP contribution in [0.2, 0.25) is 5.02 Å². The lowest BCUT2D eigenvalue weighted by Gasteiger charge is -2.14. The van der Waals surface area contributed by atoms with E-state index in [1.807, 2.05) is 13.8 Å². The van der Waals surface area contributed by atoms with E-state index in [-0.39, 0.29) is 24.0 Å². The first-order chi connectivity index (χ1) is 16.8. The van der Waals surface area contributed by atoms with Gasteiger partial charge in [-0.2, -0.15) is 0 Å². The lowest BCUT2D eigenvalue weighted by Crippen LogP contribution is -2.44. The third-order valence-corrected chi connectivity index (χ3v) is 5.89. The first kappa shape index (κ1) is 26.5. The maximum absolute atomic E-state index is 13.0. The van der Waals surface area contributed by atoms with E-state index in [1.165, 1.54) is 0 Å². The van der Waals surface area contributed by atoms with E-state index in [9.17, 15) is 14.4 Å². The van der Waals surface area contributed by atoms with Crippen LogP contribution < -0.4 is 21.1 Å². The summed E-state index contributed by atoms with van der Waals surface area (Å²) in [6, 6.07) is 13.6. The molecule has 2 N–H and O–H groups in total. The van der Waals surface area contributed by atoms with Crippen LogP contribution in [0.1, 0.15) is 20.3 Å². The summed E-state index contributed by atoms with van der Waals surface area (Å²) < 4.78 is 12.5. The molecule has 1 heterocycles. The van der Waals surface area contributed by atoms with Crippen molar-refractivity contribution < 1.29 is 19.1 Å². The summed E-state index contributed by atoms with van der Waals surface area (Å²) in [4.78, 5) is 41.8. The molecule has 2 amide bonds. The summed E-state index contributed by atoms with van der Waals surface area (Å²) in [6.07, 6.45) is 0.729. The molecule has 0 aliphatic carbocycles. The SMILES string of the molecule is CC(C)OCCCn1c(SCC(=O)NNC(=O)COc2ccc(Cl)cc2)nc2ccccc2c1=O. The molecule has 11 heteroatoms. The van der Waals surface area contributed by atoms with Crippen molar-refractivity contribution in [3.8, 4) is 5.75 Å². The Hall–Kier alpha value is -3.08. The highest BCUT2D eigenvalue weighted by Crippen LogP contribution is 2.18. The molecule has 186 valence electrons. The number of amides is 2. The zero-order chi connectivity index (χ0) is 25.2. The summed E-state index contributed by atoms with van der Waals surface area (Å²) in [7, 11) is 0. The average Bonchev–Trinajstić information content (AvgIpc) is 2.84. The molecule has 2 aromatic carbocycles. The number of nitrogens with one attached hydrogen (secondary N) is 2. The second-order valence-corrected chi connectivity index (χ2v) is 9.15. The topological polar surface area (TPSA) is 112 Å². The van der Waals surface area contributed by atoms with Gasteiger partial charge in [-0.1, -0.05) is 35.5 Å². The Balaban J connectivity index is 1.55. The van der Waals surface area contributed by atoms with E-state index >= 15 is 0 Å². The lowest BCUT2D eigenvalue weighted by molar-refractivity contribution is -0.128. The van der Waals surface area contributed by atoms with Crippen LogP contribution >= 0.6 is 23.4 Å². The predicted molar refractivity (Wildman–Crippen MR) is 136 cm³/mol. The van der Waals surface area contributed by atoms with Gasteiger partial charge in [0.15, 0.2) is 11.8 Å². The van der Waals surface area contributed by atoms with Gasteiger partial charge in [-0.3, -0.25) is 29.8 Å². The van der Waals surface area contributed by atoms with Gasteiger partial charge < -0.3 is 9.47 Å². The minimum absolute atomic E-state index is 0.0500. The van der Waals surface area contributed by atoms with Crippen LogP contribution in [-0.4, -0.2) is 46.4 Å². The molecule has 0 aliphatic rings. The summed E-state index contributed by atoms with van der Waals surface area (Å²) in [5.74, 6) is -0.548. The van der Waals surface area contributed by atoms with Gasteiger partial charge in [0.25, 0.3) is 11.5 Å². The van der Waals surface area contributed by atoms with Crippen molar-refractivity contribution >= 4 is 46.1 Å². The number of hydrogen-bond donors (Lipinski definition) is 2. The first-order valence-electron chi connectivity index (χ1n) is 11.0. The molecule has 0 saturated heterocycles. The molecule has 9 nitrogen and oxygen atoms in total. The number of benzene rings is 2. The first-order valence-corrected chi connectivity index (χ1v) is 12.4. The quantitative estimate of drug-likeness (QED) is 0.173. The molecular formula is C24H27ClN4O5S. The number of rotatable bonds is 11. The smallest absolute Gasteiger partial charge is 0.276 e. The van der Waals surface area contributed by atoms with Crippen LogP contribution in [0.4, 0.5) is 0 Å². The van der Waals surface area contributed by atoms with Crippen molar-refractivity contribution in [2.45, 2.75) is 38.1 Å². The number of thioether (sulfide) groups is 1. The van der Waals surface area contributed by atoms with Gasteiger partial charge in [0.05, 0.1) is 22.8 Å². The number of fused-ring (bicyclic) bond motifs is 1. The van der Waals surface area contributed by atoms with Gasteiger partial charge in [0, 0.05) is 18.2 Å². The summed E-state index contributed by atoms with van der Waals surface area (Å²) in [5.41, 5.74) is 5.03. The summed E-state index contributed by atoms with van der Waals surface area (Å²) >= 11 is 6.93. The molecule has 0 unspecified atom stereocenters. The zero-order valence-corrected chi connectivity index (χ0v) is 21.0. The van der Waals surface area contributed by atoms with E-state index in [4.69, 9.17) is 21.1 Å². The van der Waals surface area contributed by atoms with Crippen molar-refractivity contribution in [3.63, 3.8) is 0 Å². The normalized spacial score (nSPS) is 11.0. The molecule has 0 bridgehead atoms. The molecule has 3 aromatic rings. The van der Waals surface area contributed by atoms with Crippen molar-refractivity contribution in [2.75, 3.05) is 19.0 Å². The van der Waals surface area contributed by atoms with Gasteiger partial charge in [0.1, 0.15) is 5.75 Å². The van der Waals surface area contributed by atoms with Gasteiger partial charge in [0.2, 0.25) is 5.91 Å². The van der Waals surface area contributed by atoms with E-state index in [0.29, 0.717) is 46.4 Å². The zero-order valence-electron chi connectivity index (χ0n) is 19.5. The highest BCUT2D eigenvalue weighted by molar-refractivity contribution is 7.99. The molecular weight excluding hydrogens is 492 g/mol. The van der Waals surface area contributed by atoms with Crippen LogP contribution in [0.15, 0.2) is 58.5 Å². The van der Waals surface area contributed by atoms with E-state index in [0.717, 1.165) is 11.8 Å². The number of aromatic nitrogens is 2. The predicted octanol–water partition coefficient (Wildman–Crippen LogP) is 3.18. The maximum Gasteiger partial charge on any atom is 0.276 e. The second-order valence-electron chi connectivity index (χ2n) is 7.77. The second kappa shape index (κ2) is 13.1. The Morgan fingerprint density at radius 1 is 1.09 bits per heavy atom. The van der Waals surface area contributed by atoms with Crippen LogP contribution in [0.25, 0.3) is 10.9 Å². The number of halogens is 1. The minimum Gasteiger partial charge on any atom is -0.484 e. The molecule has 0 radical (unpaired) electrons. The third-order valence-electron chi connectivity index (χ3n) is 4.66. The Labute approximate surface area is 212 Å². The van der Waals surface area contributed by atoms with E-state index in [1.54, 1.807) is 53.1 Å². The van der Waals surface area contributed by atoms with E-state index < -0.39 is 11.8 Å². The van der Waals surface area contributed by atoms with Crippen molar-refractivity contribution in [3.05, 3.63) is 63.9 Å². The molecule has 0 spiro atoms. The number of carbonyl (C=O) groups is 2. The molecule has 0 atom stereocenters. The van der Waals surface area contributed by atoms with E-state index in [2.05, 4.69) is 15.8 Å². The monoisotopic (exact) mass is 518 g/mol. The average molecular weight is 519 g/mol. The largest absolute Gasteiger partial charge is 0.484 e. The van der Waals surface area contributed by atoms with Crippen LogP contribution in [0.3, 0.4) is 0 Å². The Bertz CT molecular complexity index is 1220. The fourth-order valence-electron chi connectivity index (χ4n) is 3.02. The highest BCUT2D eigenvalue weighted by Gasteiger charge is 2.14. The fourth-order valence-corrected chi connectivity index (χ4v) is 3.97. The molecule has 35 heavy (non-hydrogen) atoms. The number of carbonyl (C=O) groups excluding carboxylic acids is 2. The number of hydrogen-bond acceptors (Lipinski definition) is 7. The van der Waals surface area contributed by atoms with Gasteiger partial charge in [-0.25, -0.2) is 4.98 Å². The standard InChI is InChI=1S/C24H27ClN4O5S/c1-16(2)33-13-5-12-29-23(32)19-6-3-4-7-20(19)26-24(29)35-15-22(31)28-27-21(30)14-34-18-10-8-17(25)9-11-18/h3-4,6-11,16H,5,12-15H2,1-2H3,(H,27,30)(H,28,31). The Kier molecular flexibility index (Phi) is 9.95. The fraction of sp³-hybridized carbons (Fsp3) is 0.333. The van der Waals surface area contributed by atoms with Crippen molar-refractivity contribution in [1.29, 1.82) is 0 Å².